The van der Waals surface area contributed by atoms with Gasteiger partial charge in [0.25, 0.3) is 11.5 Å². The Bertz CT molecular complexity index is 2080. The Morgan fingerprint density at radius 1 is 1.10 bits per heavy atom. The molecule has 0 saturated heterocycles. The largest absolute Gasteiger partial charge is 0.382 e. The molecule has 0 aliphatic carbocycles. The first-order valence-electron chi connectivity index (χ1n) is 12.9. The summed E-state index contributed by atoms with van der Waals surface area (Å²) in [4.78, 5) is 36.8. The zero-order valence-corrected chi connectivity index (χ0v) is 22.6. The average Bonchev–Trinajstić information content (AvgIpc) is 3.49. The molecule has 0 bridgehead atoms. The number of aryl methyl sites for hydroxylation is 1. The van der Waals surface area contributed by atoms with Crippen LogP contribution >= 0.6 is 0 Å². The summed E-state index contributed by atoms with van der Waals surface area (Å²) in [5, 5.41) is 10.5. The van der Waals surface area contributed by atoms with Crippen molar-refractivity contribution in [2.24, 2.45) is 7.05 Å². The van der Waals surface area contributed by atoms with Gasteiger partial charge in [-0.05, 0) is 43.1 Å². The number of hydrogen-bond acceptors (Lipinski definition) is 6. The molecule has 4 N–H and O–H groups in total. The molecule has 6 aromatic rings. The predicted molar refractivity (Wildman–Crippen MR) is 153 cm³/mol. The first-order chi connectivity index (χ1) is 19.8. The molecule has 11 heteroatoms. The van der Waals surface area contributed by atoms with E-state index in [1.165, 1.54) is 4.57 Å². The van der Waals surface area contributed by atoms with Crippen LogP contribution < -0.4 is 21.1 Å². The summed E-state index contributed by atoms with van der Waals surface area (Å²) in [5.41, 5.74) is 9.74. The van der Waals surface area contributed by atoms with E-state index in [-0.39, 0.29) is 16.9 Å². The highest BCUT2D eigenvalue weighted by Crippen LogP contribution is 2.21. The SMILES string of the molecule is Cc1c(C#Cc2cccc3nc(C(C)NC(=O)c4c(N)[nH][n+]5cccnc45)n(-c4ccccc4)c(=O)c23)cnn1C. The van der Waals surface area contributed by atoms with Crippen molar-refractivity contribution in [3.05, 3.63) is 112 Å². The lowest BCUT2D eigenvalue weighted by molar-refractivity contribution is -0.577. The van der Waals surface area contributed by atoms with Gasteiger partial charge < -0.3 is 11.1 Å². The predicted octanol–water partition coefficient (Wildman–Crippen LogP) is 2.36. The van der Waals surface area contributed by atoms with Gasteiger partial charge in [0, 0.05) is 18.7 Å². The van der Waals surface area contributed by atoms with E-state index in [9.17, 15) is 9.59 Å². The smallest absolute Gasteiger partial charge is 0.362 e. The fourth-order valence-electron chi connectivity index (χ4n) is 4.73. The summed E-state index contributed by atoms with van der Waals surface area (Å²) in [5.74, 6) is 6.36. The molecule has 11 nitrogen and oxygen atoms in total. The zero-order chi connectivity index (χ0) is 28.7. The Hall–Kier alpha value is -5.76. The number of aromatic nitrogens is 7. The Balaban J connectivity index is 1.48. The lowest BCUT2D eigenvalue weighted by Crippen LogP contribution is -2.34. The van der Waals surface area contributed by atoms with Crippen LogP contribution in [-0.2, 0) is 7.05 Å². The number of carbonyl (C=O) groups is 1. The molecule has 1 amide bonds. The number of fused-ring (bicyclic) bond motifs is 2. The second-order valence-electron chi connectivity index (χ2n) is 9.57. The quantitative estimate of drug-likeness (QED) is 0.230. The fraction of sp³-hybridized carbons (Fsp3) is 0.133. The second-order valence-corrected chi connectivity index (χ2v) is 9.57. The highest BCUT2D eigenvalue weighted by Gasteiger charge is 2.27. The summed E-state index contributed by atoms with van der Waals surface area (Å²) in [6.45, 7) is 3.70. The number of carbonyl (C=O) groups excluding carboxylic acids is 1. The molecule has 0 radical (unpaired) electrons. The van der Waals surface area contributed by atoms with Crippen LogP contribution in [0.5, 0.6) is 0 Å². The highest BCUT2D eigenvalue weighted by atomic mass is 16.2. The van der Waals surface area contributed by atoms with Crippen LogP contribution in [0.2, 0.25) is 0 Å². The van der Waals surface area contributed by atoms with Crippen LogP contribution in [0.1, 0.15) is 46.0 Å². The summed E-state index contributed by atoms with van der Waals surface area (Å²) < 4.78 is 4.83. The molecule has 6 rings (SSSR count). The summed E-state index contributed by atoms with van der Waals surface area (Å²) >= 11 is 0. The van der Waals surface area contributed by atoms with E-state index in [2.05, 4.69) is 32.3 Å². The number of rotatable bonds is 4. The van der Waals surface area contributed by atoms with Crippen LogP contribution in [-0.4, -0.2) is 35.3 Å². The number of nitrogens with zero attached hydrogens (tertiary/aromatic N) is 6. The van der Waals surface area contributed by atoms with E-state index < -0.39 is 11.9 Å². The number of nitrogen functional groups attached to an aromatic ring is 1. The lowest BCUT2D eigenvalue weighted by atomic mass is 10.1. The Morgan fingerprint density at radius 3 is 2.63 bits per heavy atom. The van der Waals surface area contributed by atoms with Crippen molar-refractivity contribution in [3.63, 3.8) is 0 Å². The van der Waals surface area contributed by atoms with Crippen molar-refractivity contribution < 1.29 is 9.31 Å². The Morgan fingerprint density at radius 2 is 1.88 bits per heavy atom. The number of nitrogens with two attached hydrogens (primary N) is 1. The molecule has 4 heterocycles. The van der Waals surface area contributed by atoms with Gasteiger partial charge in [-0.2, -0.15) is 5.10 Å². The van der Waals surface area contributed by atoms with Gasteiger partial charge >= 0.3 is 5.65 Å². The van der Waals surface area contributed by atoms with E-state index in [0.717, 1.165) is 11.3 Å². The zero-order valence-electron chi connectivity index (χ0n) is 22.6. The molecule has 0 spiro atoms. The monoisotopic (exact) mass is 544 g/mol. The van der Waals surface area contributed by atoms with Crippen molar-refractivity contribution in [2.75, 3.05) is 5.73 Å². The second kappa shape index (κ2) is 10.1. The van der Waals surface area contributed by atoms with E-state index in [1.807, 2.05) is 50.4 Å². The number of nitrogens with one attached hydrogen (secondary N) is 2. The van der Waals surface area contributed by atoms with Gasteiger partial charge in [0.1, 0.15) is 18.2 Å². The van der Waals surface area contributed by atoms with Crippen molar-refractivity contribution in [1.29, 1.82) is 0 Å². The van der Waals surface area contributed by atoms with Crippen LogP contribution in [0.3, 0.4) is 0 Å². The molecule has 202 valence electrons. The Labute approximate surface area is 234 Å². The minimum atomic E-state index is -0.675. The van der Waals surface area contributed by atoms with Gasteiger partial charge in [-0.25, -0.2) is 10.1 Å². The first kappa shape index (κ1) is 25.5. The molecule has 41 heavy (non-hydrogen) atoms. The van der Waals surface area contributed by atoms with Gasteiger partial charge in [0.2, 0.25) is 0 Å². The third-order valence-corrected chi connectivity index (χ3v) is 6.95. The molecule has 2 aromatic carbocycles. The van der Waals surface area contributed by atoms with Crippen molar-refractivity contribution in [1.82, 2.24) is 34.7 Å². The van der Waals surface area contributed by atoms with Crippen molar-refractivity contribution >= 4 is 28.3 Å². The van der Waals surface area contributed by atoms with Gasteiger partial charge in [-0.15, -0.1) is 4.52 Å². The molecular weight excluding hydrogens is 518 g/mol. The highest BCUT2D eigenvalue weighted by molar-refractivity contribution is 6.03. The van der Waals surface area contributed by atoms with E-state index in [0.29, 0.717) is 33.6 Å². The van der Waals surface area contributed by atoms with Crippen LogP contribution in [0.15, 0.2) is 78.0 Å². The standard InChI is InChI=1S/C30H25N9O2/c1-18(34-29(40)25-26(31)36-38-16-8-15-32-28(25)38)27-35-23-12-7-9-20(13-14-21-17-33-37(3)19(21)2)24(23)30(41)39(27)22-10-5-4-6-11-22/h4-12,15-18H,1-3H3,(H3,31,34,36,40)/p+1. The molecule has 0 fully saturated rings. The molecule has 1 unspecified atom stereocenters. The fourth-order valence-corrected chi connectivity index (χ4v) is 4.73. The van der Waals surface area contributed by atoms with Crippen molar-refractivity contribution in [3.8, 4) is 17.5 Å². The third-order valence-electron chi connectivity index (χ3n) is 6.95. The van der Waals surface area contributed by atoms with Crippen LogP contribution in [0.25, 0.3) is 22.2 Å². The van der Waals surface area contributed by atoms with E-state index in [4.69, 9.17) is 10.7 Å². The maximum atomic E-state index is 14.2. The minimum Gasteiger partial charge on any atom is -0.382 e. The third kappa shape index (κ3) is 4.47. The van der Waals surface area contributed by atoms with Gasteiger partial charge in [-0.3, -0.25) is 18.8 Å². The number of benzene rings is 2. The van der Waals surface area contributed by atoms with E-state index in [1.54, 1.807) is 52.9 Å². The van der Waals surface area contributed by atoms with Gasteiger partial charge in [0.15, 0.2) is 11.4 Å². The summed E-state index contributed by atoms with van der Waals surface area (Å²) in [7, 11) is 1.85. The molecule has 0 aliphatic heterocycles. The number of aromatic amines is 1. The number of hydrogen-bond donors (Lipinski definition) is 3. The Kier molecular flexibility index (Phi) is 6.28. The molecular formula is C30H26N9O2+. The molecule has 0 saturated carbocycles. The minimum absolute atomic E-state index is 0.174. The molecule has 0 aliphatic rings. The number of amides is 1. The summed E-state index contributed by atoms with van der Waals surface area (Å²) in [6, 6.07) is 15.6. The number of para-hydroxylation sites is 1. The topological polar surface area (TPSA) is 141 Å². The molecule has 1 atom stereocenters. The maximum absolute atomic E-state index is 14.2. The van der Waals surface area contributed by atoms with Gasteiger partial charge in [0.05, 0.1) is 40.1 Å². The normalized spacial score (nSPS) is 11.8. The first-order valence-corrected chi connectivity index (χ1v) is 12.9. The van der Waals surface area contributed by atoms with Crippen LogP contribution in [0.4, 0.5) is 5.82 Å². The maximum Gasteiger partial charge on any atom is 0.362 e. The summed E-state index contributed by atoms with van der Waals surface area (Å²) in [6.07, 6.45) is 4.99. The van der Waals surface area contributed by atoms with Crippen molar-refractivity contribution in [2.45, 2.75) is 19.9 Å². The lowest BCUT2D eigenvalue weighted by Gasteiger charge is -2.19. The molecule has 4 aromatic heterocycles. The van der Waals surface area contributed by atoms with E-state index >= 15 is 0 Å². The average molecular weight is 545 g/mol. The number of anilines is 1. The van der Waals surface area contributed by atoms with Gasteiger partial charge in [-0.1, -0.05) is 36.1 Å². The number of H-pyrrole nitrogens is 1. The van der Waals surface area contributed by atoms with Crippen LogP contribution in [0, 0.1) is 18.8 Å².